The van der Waals surface area contributed by atoms with Crippen LogP contribution in [-0.2, 0) is 10.0 Å². The zero-order valence-corrected chi connectivity index (χ0v) is 13.6. The minimum absolute atomic E-state index is 0.00790. The maximum Gasteiger partial charge on any atom is 0.264 e. The van der Waals surface area contributed by atoms with Crippen molar-refractivity contribution in [1.82, 2.24) is 0 Å². The monoisotopic (exact) mass is 349 g/mol. The predicted molar refractivity (Wildman–Crippen MR) is 93.0 cm³/mol. The van der Waals surface area contributed by atoms with Crippen LogP contribution >= 0.6 is 0 Å². The Hall–Kier alpha value is -2.80. The maximum atomic E-state index is 13.9. The second kappa shape index (κ2) is 6.76. The Balaban J connectivity index is 2.63. The lowest BCUT2D eigenvalue weighted by Crippen LogP contribution is -2.15. The number of phenolic OH excluding ortho intramolecular Hbond substituents is 2. The van der Waals surface area contributed by atoms with Crippen molar-refractivity contribution in [3.05, 3.63) is 65.9 Å². The minimum atomic E-state index is -4.28. The van der Waals surface area contributed by atoms with Gasteiger partial charge in [0.2, 0.25) is 0 Å². The Morgan fingerprint density at radius 1 is 1.25 bits per heavy atom. The molecule has 0 saturated heterocycles. The van der Waals surface area contributed by atoms with Crippen molar-refractivity contribution in [2.24, 2.45) is 0 Å². The molecule has 0 aliphatic heterocycles. The molecule has 0 aliphatic rings. The first-order valence-corrected chi connectivity index (χ1v) is 8.41. The average molecular weight is 349 g/mol. The molecule has 0 unspecified atom stereocenters. The Morgan fingerprint density at radius 2 is 1.88 bits per heavy atom. The highest BCUT2D eigenvalue weighted by molar-refractivity contribution is 7.96. The summed E-state index contributed by atoms with van der Waals surface area (Å²) >= 11 is 0. The molecular weight excluding hydrogens is 333 g/mol. The summed E-state index contributed by atoms with van der Waals surface area (Å²) in [6.45, 7) is 4.87. The van der Waals surface area contributed by atoms with Gasteiger partial charge < -0.3 is 10.2 Å². The van der Waals surface area contributed by atoms with Crippen molar-refractivity contribution < 1.29 is 23.0 Å². The lowest BCUT2D eigenvalue weighted by atomic mass is 10.1. The number of hydrogen-bond donors (Lipinski definition) is 3. The number of fused-ring (bicyclic) bond motifs is 1. The summed E-state index contributed by atoms with van der Waals surface area (Å²) < 4.78 is 41.0. The molecule has 2 aromatic rings. The van der Waals surface area contributed by atoms with Gasteiger partial charge in [0, 0.05) is 16.8 Å². The number of halogens is 1. The smallest absolute Gasteiger partial charge is 0.264 e. The summed E-state index contributed by atoms with van der Waals surface area (Å²) in [7, 11) is -4.28. The number of anilines is 1. The van der Waals surface area contributed by atoms with E-state index in [2.05, 4.69) is 11.3 Å². The summed E-state index contributed by atoms with van der Waals surface area (Å²) in [4.78, 5) is -0.628. The molecule has 2 aromatic carbocycles. The van der Waals surface area contributed by atoms with Crippen molar-refractivity contribution in [2.45, 2.75) is 6.92 Å². The number of sulfonamides is 1. The van der Waals surface area contributed by atoms with Gasteiger partial charge in [-0.05, 0) is 19.1 Å². The van der Waals surface area contributed by atoms with Gasteiger partial charge in [0.15, 0.2) is 11.5 Å². The summed E-state index contributed by atoms with van der Waals surface area (Å²) in [5.74, 6) is -1.83. The summed E-state index contributed by atoms with van der Waals surface area (Å²) in [5.41, 5.74) is 0.00790. The van der Waals surface area contributed by atoms with E-state index in [4.69, 9.17) is 0 Å². The third-order valence-electron chi connectivity index (χ3n) is 3.26. The first-order valence-electron chi connectivity index (χ1n) is 6.93. The first-order chi connectivity index (χ1) is 11.3. The van der Waals surface area contributed by atoms with Gasteiger partial charge in [0.1, 0.15) is 10.7 Å². The minimum Gasteiger partial charge on any atom is -0.504 e. The largest absolute Gasteiger partial charge is 0.504 e. The highest BCUT2D eigenvalue weighted by Gasteiger charge is 2.21. The number of nitrogens with one attached hydrogen (secondary N) is 1. The summed E-state index contributed by atoms with van der Waals surface area (Å²) in [5, 5.41) is 20.3. The number of hydrogen-bond acceptors (Lipinski definition) is 4. The van der Waals surface area contributed by atoms with Crippen molar-refractivity contribution in [3.63, 3.8) is 0 Å². The van der Waals surface area contributed by atoms with E-state index < -0.39 is 26.5 Å². The van der Waals surface area contributed by atoms with Crippen molar-refractivity contribution >= 4 is 26.5 Å². The zero-order valence-electron chi connectivity index (χ0n) is 12.8. The van der Waals surface area contributed by atoms with E-state index in [-0.39, 0.29) is 16.8 Å². The van der Waals surface area contributed by atoms with Crippen LogP contribution in [0.3, 0.4) is 0 Å². The van der Waals surface area contributed by atoms with E-state index in [1.807, 2.05) is 0 Å². The van der Waals surface area contributed by atoms with Gasteiger partial charge in [-0.15, -0.1) is 0 Å². The van der Waals surface area contributed by atoms with Crippen LogP contribution in [0, 0.1) is 0 Å². The van der Waals surface area contributed by atoms with Crippen molar-refractivity contribution in [1.29, 1.82) is 0 Å². The lowest BCUT2D eigenvalue weighted by molar-refractivity contribution is 0.408. The Kier molecular flexibility index (Phi) is 4.94. The molecule has 0 atom stereocenters. The van der Waals surface area contributed by atoms with Crippen LogP contribution in [0.15, 0.2) is 65.9 Å². The predicted octanol–water partition coefficient (Wildman–Crippen LogP) is 3.94. The van der Waals surface area contributed by atoms with Gasteiger partial charge in [-0.2, -0.15) is 0 Å². The molecule has 0 amide bonds. The molecule has 0 fully saturated rings. The highest BCUT2D eigenvalue weighted by Crippen LogP contribution is 2.39. The Bertz CT molecular complexity index is 962. The van der Waals surface area contributed by atoms with Crippen LogP contribution < -0.4 is 4.72 Å². The standard InChI is InChI=1S/C17H16FNO4S/c1-3-7-13(18)16(4-2)24(22,23)19-14-10-15(20)17(21)12-9-6-5-8-11(12)14/h3-10,19-21H,2H2,1H3/b7-3-,16-13-. The maximum absolute atomic E-state index is 13.9. The van der Waals surface area contributed by atoms with Gasteiger partial charge >= 0.3 is 0 Å². The highest BCUT2D eigenvalue weighted by atomic mass is 32.2. The van der Waals surface area contributed by atoms with E-state index in [0.29, 0.717) is 5.39 Å². The number of benzene rings is 2. The fraction of sp³-hybridized carbons (Fsp3) is 0.0588. The average Bonchev–Trinajstić information content (AvgIpc) is 2.52. The van der Waals surface area contributed by atoms with E-state index >= 15 is 0 Å². The molecule has 24 heavy (non-hydrogen) atoms. The summed E-state index contributed by atoms with van der Waals surface area (Å²) in [6.07, 6.45) is 3.25. The molecule has 0 spiro atoms. The number of rotatable bonds is 5. The van der Waals surface area contributed by atoms with E-state index in [1.54, 1.807) is 25.1 Å². The van der Waals surface area contributed by atoms with Gasteiger partial charge in [-0.25, -0.2) is 12.8 Å². The summed E-state index contributed by atoms with van der Waals surface area (Å²) in [6, 6.07) is 7.41. The number of aromatic hydroxyl groups is 2. The fourth-order valence-corrected chi connectivity index (χ4v) is 3.31. The van der Waals surface area contributed by atoms with Gasteiger partial charge in [0.05, 0.1) is 5.69 Å². The Labute approximate surface area is 139 Å². The molecule has 2 rings (SSSR count). The van der Waals surface area contributed by atoms with Crippen LogP contribution in [0.4, 0.5) is 10.1 Å². The topological polar surface area (TPSA) is 86.6 Å². The first kappa shape index (κ1) is 17.6. The Morgan fingerprint density at radius 3 is 2.46 bits per heavy atom. The van der Waals surface area contributed by atoms with Gasteiger partial charge in [0.25, 0.3) is 10.0 Å². The van der Waals surface area contributed by atoms with Gasteiger partial charge in [-0.3, -0.25) is 4.72 Å². The van der Waals surface area contributed by atoms with Crippen LogP contribution in [0.25, 0.3) is 10.8 Å². The molecule has 126 valence electrons. The third-order valence-corrected chi connectivity index (χ3v) is 4.69. The van der Waals surface area contributed by atoms with E-state index in [0.717, 1.165) is 18.2 Å². The second-order valence-corrected chi connectivity index (χ2v) is 6.51. The molecule has 0 bridgehead atoms. The van der Waals surface area contributed by atoms with Crippen LogP contribution in [0.5, 0.6) is 11.5 Å². The van der Waals surface area contributed by atoms with E-state index in [1.165, 1.54) is 12.1 Å². The second-order valence-electron chi connectivity index (χ2n) is 4.86. The van der Waals surface area contributed by atoms with E-state index in [9.17, 15) is 23.0 Å². The zero-order chi connectivity index (χ0) is 17.9. The SMILES string of the molecule is C=C/C(=C(F)\C=C/C)S(=O)(=O)Nc1cc(O)c(O)c2ccccc12. The molecule has 0 aromatic heterocycles. The molecule has 0 aliphatic carbocycles. The molecule has 0 saturated carbocycles. The molecule has 3 N–H and O–H groups in total. The quantitative estimate of drug-likeness (QED) is 0.433. The van der Waals surface area contributed by atoms with Crippen LogP contribution in [0.1, 0.15) is 6.92 Å². The molecular formula is C17H16FNO4S. The van der Waals surface area contributed by atoms with Crippen LogP contribution in [-0.4, -0.2) is 18.6 Å². The fourth-order valence-electron chi connectivity index (χ4n) is 2.19. The molecule has 5 nitrogen and oxygen atoms in total. The normalized spacial score (nSPS) is 13.1. The molecule has 7 heteroatoms. The van der Waals surface area contributed by atoms with Gasteiger partial charge in [-0.1, -0.05) is 36.9 Å². The third kappa shape index (κ3) is 3.26. The lowest BCUT2D eigenvalue weighted by Gasteiger charge is -2.13. The number of phenols is 2. The molecule has 0 heterocycles. The van der Waals surface area contributed by atoms with Crippen LogP contribution in [0.2, 0.25) is 0 Å². The van der Waals surface area contributed by atoms with Crippen molar-refractivity contribution in [2.75, 3.05) is 4.72 Å². The van der Waals surface area contributed by atoms with Crippen molar-refractivity contribution in [3.8, 4) is 11.5 Å². The number of allylic oxidation sites excluding steroid dienone is 4. The molecule has 0 radical (unpaired) electrons.